The molecular formula is C24H20F6N2O4. The molecule has 0 saturated carbocycles. The minimum atomic E-state index is -5.98. The number of carbonyl (C=O) groups is 1. The van der Waals surface area contributed by atoms with Gasteiger partial charge in [-0.3, -0.25) is 0 Å². The average Bonchev–Trinajstić information content (AvgIpc) is 3.41. The lowest BCUT2D eigenvalue weighted by Gasteiger charge is -2.33. The van der Waals surface area contributed by atoms with Gasteiger partial charge in [0.2, 0.25) is 5.89 Å². The lowest BCUT2D eigenvalue weighted by Crippen LogP contribution is -2.53. The molecule has 4 rings (SSSR count). The van der Waals surface area contributed by atoms with Crippen LogP contribution in [0.15, 0.2) is 53.1 Å². The summed E-state index contributed by atoms with van der Waals surface area (Å²) >= 11 is 0. The summed E-state index contributed by atoms with van der Waals surface area (Å²) in [6.07, 6.45) is -10.5. The number of alkyl halides is 6. The Labute approximate surface area is 200 Å². The number of carbonyl (C=O) groups excluding carboxylic acids is 1. The number of oxazole rings is 1. The van der Waals surface area contributed by atoms with Crippen molar-refractivity contribution in [2.45, 2.75) is 43.3 Å². The maximum atomic E-state index is 13.4. The average molecular weight is 514 g/mol. The Balaban J connectivity index is 1.65. The smallest absolute Gasteiger partial charge is 0.430 e. The molecular weight excluding hydrogens is 494 g/mol. The van der Waals surface area contributed by atoms with Crippen LogP contribution in [0.1, 0.15) is 40.0 Å². The van der Waals surface area contributed by atoms with Crippen LogP contribution in [0.3, 0.4) is 0 Å². The fourth-order valence-corrected chi connectivity index (χ4v) is 4.27. The lowest BCUT2D eigenvalue weighted by atomic mass is 9.86. The summed E-state index contributed by atoms with van der Waals surface area (Å²) in [6, 6.07) is 8.40. The summed E-state index contributed by atoms with van der Waals surface area (Å²) in [5.74, 6) is -0.948. The van der Waals surface area contributed by atoms with Gasteiger partial charge in [-0.05, 0) is 42.8 Å². The van der Waals surface area contributed by atoms with Crippen LogP contribution in [0.2, 0.25) is 0 Å². The fourth-order valence-electron chi connectivity index (χ4n) is 4.27. The molecule has 2 aromatic carbocycles. The highest BCUT2D eigenvalue weighted by Crippen LogP contribution is 2.51. The predicted molar refractivity (Wildman–Crippen MR) is 115 cm³/mol. The van der Waals surface area contributed by atoms with Crippen molar-refractivity contribution >= 4 is 11.7 Å². The number of nitrogens with zero attached hydrogens (tertiary/aromatic N) is 1. The first kappa shape index (κ1) is 25.5. The zero-order valence-electron chi connectivity index (χ0n) is 18.9. The molecule has 1 aliphatic heterocycles. The van der Waals surface area contributed by atoms with Crippen molar-refractivity contribution < 1.29 is 45.4 Å². The summed E-state index contributed by atoms with van der Waals surface area (Å²) < 4.78 is 90.5. The summed E-state index contributed by atoms with van der Waals surface area (Å²) in [7, 11) is 1.24. The van der Waals surface area contributed by atoms with Crippen LogP contribution < -0.4 is 5.32 Å². The SMILES string of the molecule is COC(=O)c1cccc(-c2nc(CC3c4cc(C(O)(C(F)(F)F)C(F)(F)F)ccc4NC3C)co2)c1. The first-order chi connectivity index (χ1) is 16.8. The van der Waals surface area contributed by atoms with Crippen molar-refractivity contribution in [3.63, 3.8) is 0 Å². The zero-order valence-corrected chi connectivity index (χ0v) is 18.9. The quantitative estimate of drug-likeness (QED) is 0.342. The number of hydrogen-bond donors (Lipinski definition) is 2. The van der Waals surface area contributed by atoms with Gasteiger partial charge in [0.05, 0.1) is 18.4 Å². The summed E-state index contributed by atoms with van der Waals surface area (Å²) in [5, 5.41) is 12.8. The second kappa shape index (κ2) is 8.84. The fraction of sp³-hybridized carbons (Fsp3) is 0.333. The summed E-state index contributed by atoms with van der Waals surface area (Å²) in [6.45, 7) is 1.73. The van der Waals surface area contributed by atoms with E-state index in [1.807, 2.05) is 0 Å². The molecule has 0 aliphatic carbocycles. The van der Waals surface area contributed by atoms with Gasteiger partial charge in [-0.15, -0.1) is 0 Å². The van der Waals surface area contributed by atoms with Gasteiger partial charge in [-0.2, -0.15) is 26.3 Å². The van der Waals surface area contributed by atoms with Crippen molar-refractivity contribution in [3.05, 3.63) is 71.1 Å². The maximum absolute atomic E-state index is 13.4. The minimum absolute atomic E-state index is 0.126. The molecule has 36 heavy (non-hydrogen) atoms. The molecule has 1 aliphatic rings. The number of halogens is 6. The standard InChI is InChI=1S/C24H20F6N2O4/c1-12-17(10-16-11-36-20(32-16)13-4-3-5-14(8-13)21(33)35-2)18-9-15(6-7-19(18)31-12)22(34,23(25,26)27)24(28,29)30/h3-9,11-12,17,31,34H,10H2,1-2H3. The maximum Gasteiger partial charge on any atom is 0.430 e. The van der Waals surface area contributed by atoms with Crippen LogP contribution in [0.25, 0.3) is 11.5 Å². The Hall–Kier alpha value is -3.54. The molecule has 0 bridgehead atoms. The number of ether oxygens (including phenoxy) is 1. The topological polar surface area (TPSA) is 84.6 Å². The van der Waals surface area contributed by atoms with Gasteiger partial charge in [0, 0.05) is 35.2 Å². The van der Waals surface area contributed by atoms with E-state index in [0.29, 0.717) is 23.0 Å². The van der Waals surface area contributed by atoms with E-state index in [-0.39, 0.29) is 29.5 Å². The molecule has 6 nitrogen and oxygen atoms in total. The van der Waals surface area contributed by atoms with E-state index in [1.165, 1.54) is 19.4 Å². The second-order valence-corrected chi connectivity index (χ2v) is 8.47. The Morgan fingerprint density at radius 1 is 1.11 bits per heavy atom. The largest absolute Gasteiger partial charge is 0.465 e. The van der Waals surface area contributed by atoms with Gasteiger partial charge in [0.25, 0.3) is 5.60 Å². The molecule has 12 heteroatoms. The number of fused-ring (bicyclic) bond motifs is 1. The molecule has 0 amide bonds. The van der Waals surface area contributed by atoms with Gasteiger partial charge in [-0.25, -0.2) is 9.78 Å². The third-order valence-electron chi connectivity index (χ3n) is 6.19. The summed E-state index contributed by atoms with van der Waals surface area (Å²) in [4.78, 5) is 16.1. The van der Waals surface area contributed by atoms with Crippen LogP contribution in [0.5, 0.6) is 0 Å². The van der Waals surface area contributed by atoms with Crippen LogP contribution >= 0.6 is 0 Å². The van der Waals surface area contributed by atoms with Crippen molar-refractivity contribution in [1.29, 1.82) is 0 Å². The number of aliphatic hydroxyl groups is 1. The van der Waals surface area contributed by atoms with Crippen LogP contribution in [-0.4, -0.2) is 41.6 Å². The monoisotopic (exact) mass is 514 g/mol. The van der Waals surface area contributed by atoms with Gasteiger partial charge in [0.15, 0.2) is 0 Å². The Morgan fingerprint density at radius 2 is 1.81 bits per heavy atom. The third kappa shape index (κ3) is 4.29. The molecule has 3 aromatic rings. The van der Waals surface area contributed by atoms with Crippen LogP contribution in [-0.2, 0) is 16.8 Å². The third-order valence-corrected chi connectivity index (χ3v) is 6.19. The van der Waals surface area contributed by atoms with Gasteiger partial charge in [-0.1, -0.05) is 12.1 Å². The molecule has 2 N–H and O–H groups in total. The van der Waals surface area contributed by atoms with Crippen molar-refractivity contribution in [1.82, 2.24) is 4.98 Å². The number of nitrogens with one attached hydrogen (secondary N) is 1. The van der Waals surface area contributed by atoms with Crippen molar-refractivity contribution in [2.24, 2.45) is 0 Å². The highest BCUT2D eigenvalue weighted by molar-refractivity contribution is 5.90. The number of anilines is 1. The number of hydrogen-bond acceptors (Lipinski definition) is 6. The number of esters is 1. The van der Waals surface area contributed by atoms with Gasteiger partial charge in [0.1, 0.15) is 6.26 Å². The van der Waals surface area contributed by atoms with E-state index in [4.69, 9.17) is 4.42 Å². The molecule has 1 aromatic heterocycles. The minimum Gasteiger partial charge on any atom is -0.465 e. The zero-order chi connectivity index (χ0) is 26.5. The number of methoxy groups -OCH3 is 1. The van der Waals surface area contributed by atoms with Crippen LogP contribution in [0, 0.1) is 0 Å². The second-order valence-electron chi connectivity index (χ2n) is 8.47. The number of aromatic nitrogens is 1. The highest BCUT2D eigenvalue weighted by atomic mass is 19.4. The number of rotatable bonds is 5. The van der Waals surface area contributed by atoms with E-state index in [2.05, 4.69) is 15.0 Å². The molecule has 2 unspecified atom stereocenters. The molecule has 0 spiro atoms. The molecule has 0 radical (unpaired) electrons. The molecule has 192 valence electrons. The van der Waals surface area contributed by atoms with Crippen LogP contribution in [0.4, 0.5) is 32.0 Å². The lowest BCUT2D eigenvalue weighted by molar-refractivity contribution is -0.376. The highest BCUT2D eigenvalue weighted by Gasteiger charge is 2.71. The predicted octanol–water partition coefficient (Wildman–Crippen LogP) is 5.58. The van der Waals surface area contributed by atoms with E-state index in [0.717, 1.165) is 12.1 Å². The molecule has 0 fully saturated rings. The normalized spacial score (nSPS) is 18.0. The van der Waals surface area contributed by atoms with Gasteiger partial charge >= 0.3 is 18.3 Å². The van der Waals surface area contributed by atoms with E-state index in [9.17, 15) is 36.2 Å². The Kier molecular flexibility index (Phi) is 6.27. The number of benzene rings is 2. The van der Waals surface area contributed by atoms with E-state index >= 15 is 0 Å². The first-order valence-electron chi connectivity index (χ1n) is 10.7. The van der Waals surface area contributed by atoms with Crippen molar-refractivity contribution in [3.8, 4) is 11.5 Å². The molecule has 0 saturated heterocycles. The summed E-state index contributed by atoms with van der Waals surface area (Å²) in [5.41, 5.74) is -4.65. The Bertz CT molecular complexity index is 1270. The van der Waals surface area contributed by atoms with Crippen molar-refractivity contribution in [2.75, 3.05) is 12.4 Å². The van der Waals surface area contributed by atoms with Gasteiger partial charge < -0.3 is 19.6 Å². The first-order valence-corrected chi connectivity index (χ1v) is 10.7. The van der Waals surface area contributed by atoms with E-state index in [1.54, 1.807) is 25.1 Å². The van der Waals surface area contributed by atoms with E-state index < -0.39 is 35.4 Å². The molecule has 2 atom stereocenters. The molecule has 2 heterocycles. The Morgan fingerprint density at radius 3 is 2.44 bits per heavy atom.